The first-order valence-corrected chi connectivity index (χ1v) is 10.3. The summed E-state index contributed by atoms with van der Waals surface area (Å²) in [6.45, 7) is -0.117. The quantitative estimate of drug-likeness (QED) is 0.261. The molecule has 2 saturated heterocycles. The van der Waals surface area contributed by atoms with Gasteiger partial charge in [-0.2, -0.15) is 13.2 Å². The minimum Gasteiger partial charge on any atom is -0.389 e. The van der Waals surface area contributed by atoms with Gasteiger partial charge in [0.2, 0.25) is 0 Å². The van der Waals surface area contributed by atoms with Crippen molar-refractivity contribution in [2.75, 3.05) is 31.2 Å². The molecule has 3 aliphatic heterocycles. The molecule has 4 rings (SSSR count). The third kappa shape index (κ3) is 4.56. The van der Waals surface area contributed by atoms with Gasteiger partial charge in [0.05, 0.1) is 34.5 Å². The zero-order valence-corrected chi connectivity index (χ0v) is 17.8. The molecule has 3 aliphatic rings. The van der Waals surface area contributed by atoms with Gasteiger partial charge in [-0.15, -0.1) is 0 Å². The Kier molecular flexibility index (Phi) is 6.24. The number of piperidine rings is 1. The summed E-state index contributed by atoms with van der Waals surface area (Å²) >= 11 is 0. The van der Waals surface area contributed by atoms with E-state index in [4.69, 9.17) is 20.2 Å². The summed E-state index contributed by atoms with van der Waals surface area (Å²) in [5.41, 5.74) is -2.07. The molecule has 0 saturated carbocycles. The van der Waals surface area contributed by atoms with E-state index >= 15 is 0 Å². The topological polar surface area (TPSA) is 185 Å². The van der Waals surface area contributed by atoms with Gasteiger partial charge in [0.25, 0.3) is 17.3 Å². The standard InChI is InChI=1S/C18H19F3N6O8/c19-18(20,21)9-5-11(26(29)30)15(12(6-9)27(31)32)25-3-1-17(2-4-25)33-7-10-13(8-34-17)35-24-14(10)16(28)23-22/h5-6,10,13H,1-4,7-8,22H2,(H,23,28)/t10-,13+/m1/s1. The average molecular weight is 504 g/mol. The summed E-state index contributed by atoms with van der Waals surface area (Å²) in [4.78, 5) is 39.3. The third-order valence-electron chi connectivity index (χ3n) is 6.12. The lowest BCUT2D eigenvalue weighted by Crippen LogP contribution is -2.48. The fourth-order valence-corrected chi connectivity index (χ4v) is 4.31. The molecule has 1 spiro atoms. The Morgan fingerprint density at radius 2 is 1.71 bits per heavy atom. The minimum atomic E-state index is -5.01. The maximum Gasteiger partial charge on any atom is 0.416 e. The van der Waals surface area contributed by atoms with Crippen molar-refractivity contribution in [3.63, 3.8) is 0 Å². The van der Waals surface area contributed by atoms with Crippen LogP contribution in [0.25, 0.3) is 0 Å². The predicted molar refractivity (Wildman–Crippen MR) is 109 cm³/mol. The molecule has 0 unspecified atom stereocenters. The Hall–Kier alpha value is -3.57. The van der Waals surface area contributed by atoms with Crippen LogP contribution in [0.2, 0.25) is 0 Å². The van der Waals surface area contributed by atoms with Crippen molar-refractivity contribution in [3.8, 4) is 0 Å². The SMILES string of the molecule is NNC(=O)C1=NO[C@H]2COC3(CCN(c4c([N+](=O)[O-])cc(C(F)(F)F)cc4[N+](=O)[O-])CC3)OC[C@@H]12. The minimum absolute atomic E-state index is 0.00388. The number of alkyl halides is 3. The highest BCUT2D eigenvalue weighted by atomic mass is 19.4. The molecule has 0 aliphatic carbocycles. The van der Waals surface area contributed by atoms with E-state index in [-0.39, 0.29) is 57.0 Å². The van der Waals surface area contributed by atoms with Gasteiger partial charge < -0.3 is 19.2 Å². The van der Waals surface area contributed by atoms with Crippen LogP contribution >= 0.6 is 0 Å². The average Bonchev–Trinajstić information content (AvgIpc) is 3.14. The number of hydrogen-bond acceptors (Lipinski definition) is 11. The second kappa shape index (κ2) is 8.90. The number of nitrogens with zero attached hydrogens (tertiary/aromatic N) is 4. The van der Waals surface area contributed by atoms with Gasteiger partial charge in [0.15, 0.2) is 23.3 Å². The number of nitro groups is 2. The summed E-state index contributed by atoms with van der Waals surface area (Å²) < 4.78 is 51.4. The number of anilines is 1. The molecule has 3 N–H and O–H groups in total. The van der Waals surface area contributed by atoms with E-state index < -0.39 is 62.4 Å². The Morgan fingerprint density at radius 1 is 1.14 bits per heavy atom. The highest BCUT2D eigenvalue weighted by Crippen LogP contribution is 2.45. The lowest BCUT2D eigenvalue weighted by Gasteiger charge is -2.41. The third-order valence-corrected chi connectivity index (χ3v) is 6.12. The maximum atomic E-state index is 13.2. The van der Waals surface area contributed by atoms with Crippen LogP contribution in [0, 0.1) is 26.1 Å². The summed E-state index contributed by atoms with van der Waals surface area (Å²) in [7, 11) is 0. The first-order valence-electron chi connectivity index (χ1n) is 10.3. The predicted octanol–water partition coefficient (Wildman–Crippen LogP) is 1.23. The lowest BCUT2D eigenvalue weighted by molar-refractivity contribution is -0.393. The van der Waals surface area contributed by atoms with Crippen LogP contribution in [0.1, 0.15) is 18.4 Å². The molecular formula is C18H19F3N6O8. The van der Waals surface area contributed by atoms with Crippen LogP contribution in [-0.2, 0) is 25.3 Å². The molecule has 17 heteroatoms. The van der Waals surface area contributed by atoms with E-state index in [1.165, 1.54) is 4.90 Å². The largest absolute Gasteiger partial charge is 0.416 e. The molecule has 190 valence electrons. The number of oxime groups is 1. The zero-order chi connectivity index (χ0) is 25.5. The molecule has 0 bridgehead atoms. The van der Waals surface area contributed by atoms with Crippen LogP contribution < -0.4 is 16.2 Å². The summed E-state index contributed by atoms with van der Waals surface area (Å²) in [5.74, 6) is 2.75. The Morgan fingerprint density at radius 3 is 2.23 bits per heavy atom. The van der Waals surface area contributed by atoms with Crippen molar-refractivity contribution >= 4 is 28.7 Å². The molecule has 0 aromatic heterocycles. The number of halogens is 3. The van der Waals surface area contributed by atoms with Crippen molar-refractivity contribution in [1.29, 1.82) is 0 Å². The van der Waals surface area contributed by atoms with Gasteiger partial charge in [-0.05, 0) is 0 Å². The molecule has 1 amide bonds. The normalized spacial score (nSPS) is 23.7. The number of nitrogens with one attached hydrogen (secondary N) is 1. The van der Waals surface area contributed by atoms with Crippen molar-refractivity contribution in [1.82, 2.24) is 5.43 Å². The number of fused-ring (bicyclic) bond motifs is 1. The number of carbonyl (C=O) groups is 1. The Balaban J connectivity index is 1.56. The van der Waals surface area contributed by atoms with Crippen molar-refractivity contribution in [2.24, 2.45) is 16.9 Å². The van der Waals surface area contributed by atoms with Crippen molar-refractivity contribution < 1.29 is 42.1 Å². The van der Waals surface area contributed by atoms with E-state index in [0.29, 0.717) is 0 Å². The summed E-state index contributed by atoms with van der Waals surface area (Å²) in [5, 5.41) is 26.8. The van der Waals surface area contributed by atoms with Crippen LogP contribution in [0.4, 0.5) is 30.2 Å². The van der Waals surface area contributed by atoms with E-state index in [2.05, 4.69) is 5.16 Å². The lowest BCUT2D eigenvalue weighted by atomic mass is 9.98. The van der Waals surface area contributed by atoms with E-state index in [1.807, 2.05) is 5.43 Å². The van der Waals surface area contributed by atoms with Crippen LogP contribution in [0.5, 0.6) is 0 Å². The molecule has 14 nitrogen and oxygen atoms in total. The monoisotopic (exact) mass is 504 g/mol. The van der Waals surface area contributed by atoms with Gasteiger partial charge >= 0.3 is 6.18 Å². The van der Waals surface area contributed by atoms with E-state index in [0.717, 1.165) is 0 Å². The highest BCUT2D eigenvalue weighted by molar-refractivity contribution is 6.39. The van der Waals surface area contributed by atoms with Crippen LogP contribution in [0.3, 0.4) is 0 Å². The fraction of sp³-hybridized carbons (Fsp3) is 0.556. The van der Waals surface area contributed by atoms with Gasteiger partial charge in [0, 0.05) is 38.1 Å². The number of ether oxygens (including phenoxy) is 2. The number of hydrogen-bond donors (Lipinski definition) is 2. The molecule has 1 aromatic carbocycles. The van der Waals surface area contributed by atoms with Gasteiger partial charge in [-0.3, -0.25) is 30.4 Å². The number of nitrogens with two attached hydrogens (primary N) is 1. The van der Waals surface area contributed by atoms with Gasteiger partial charge in [0.1, 0.15) is 0 Å². The van der Waals surface area contributed by atoms with E-state index in [9.17, 15) is 38.2 Å². The molecule has 2 fully saturated rings. The molecular weight excluding hydrogens is 485 g/mol. The molecule has 2 atom stereocenters. The Labute approximate surface area is 194 Å². The molecule has 35 heavy (non-hydrogen) atoms. The summed E-state index contributed by atoms with van der Waals surface area (Å²) in [6.07, 6.45) is -5.46. The number of rotatable bonds is 4. The maximum absolute atomic E-state index is 13.2. The second-order valence-corrected chi connectivity index (χ2v) is 8.10. The van der Waals surface area contributed by atoms with Gasteiger partial charge in [-0.25, -0.2) is 5.84 Å². The molecule has 3 heterocycles. The fourth-order valence-electron chi connectivity index (χ4n) is 4.31. The first kappa shape index (κ1) is 24.6. The number of nitro benzene ring substituents is 2. The van der Waals surface area contributed by atoms with Crippen molar-refractivity contribution in [2.45, 2.75) is 30.9 Å². The van der Waals surface area contributed by atoms with Gasteiger partial charge in [-0.1, -0.05) is 5.16 Å². The summed E-state index contributed by atoms with van der Waals surface area (Å²) in [6, 6.07) is 0.570. The number of hydrazine groups is 1. The van der Waals surface area contributed by atoms with E-state index in [1.54, 1.807) is 0 Å². The number of benzene rings is 1. The highest BCUT2D eigenvalue weighted by Gasteiger charge is 2.48. The number of amides is 1. The Bertz CT molecular complexity index is 1050. The smallest absolute Gasteiger partial charge is 0.389 e. The first-order chi connectivity index (χ1) is 16.5. The molecule has 0 radical (unpaired) electrons. The van der Waals surface area contributed by atoms with Crippen LogP contribution in [-0.4, -0.2) is 59.7 Å². The van der Waals surface area contributed by atoms with Crippen molar-refractivity contribution in [3.05, 3.63) is 37.9 Å². The second-order valence-electron chi connectivity index (χ2n) is 8.10. The zero-order valence-electron chi connectivity index (χ0n) is 17.8. The van der Waals surface area contributed by atoms with Crippen LogP contribution in [0.15, 0.2) is 17.3 Å². The number of carbonyl (C=O) groups excluding carboxylic acids is 1. The molecule has 1 aromatic rings.